The van der Waals surface area contributed by atoms with Gasteiger partial charge >= 0.3 is 5.97 Å². The lowest BCUT2D eigenvalue weighted by atomic mass is 10.1. The lowest BCUT2D eigenvalue weighted by molar-refractivity contribution is -0.129. The molecule has 1 saturated heterocycles. The molecule has 2 atom stereocenters. The Kier molecular flexibility index (Phi) is 4.74. The molecule has 26 heavy (non-hydrogen) atoms. The lowest BCUT2D eigenvalue weighted by Crippen LogP contribution is -2.42. The second kappa shape index (κ2) is 6.71. The zero-order chi connectivity index (χ0) is 19.1. The first-order valence-corrected chi connectivity index (χ1v) is 9.89. The monoisotopic (exact) mass is 383 g/mol. The van der Waals surface area contributed by atoms with Gasteiger partial charge in [0.1, 0.15) is 11.4 Å². The van der Waals surface area contributed by atoms with Crippen molar-refractivity contribution in [2.75, 3.05) is 11.5 Å². The van der Waals surface area contributed by atoms with E-state index in [9.17, 15) is 22.4 Å². The van der Waals surface area contributed by atoms with Gasteiger partial charge in [-0.2, -0.15) is 0 Å². The molecule has 9 heteroatoms. The molecule has 0 radical (unpaired) electrons. The number of nitrogens with one attached hydrogen (secondary N) is 1. The van der Waals surface area contributed by atoms with E-state index in [1.54, 1.807) is 6.92 Å². The first-order valence-electron chi connectivity index (χ1n) is 8.07. The molecule has 0 saturated carbocycles. The number of fused-ring (bicyclic) bond motifs is 1. The number of carbonyl (C=O) groups excluding carboxylic acids is 2. The Morgan fingerprint density at radius 1 is 1.38 bits per heavy atom. The number of hydrogen-bond donors (Lipinski definition) is 1. The topological polar surface area (TPSA) is 103 Å². The third kappa shape index (κ3) is 3.72. The van der Waals surface area contributed by atoms with Crippen LogP contribution in [0.3, 0.4) is 0 Å². The highest BCUT2D eigenvalue weighted by molar-refractivity contribution is 7.91. The number of halogens is 1. The fourth-order valence-electron chi connectivity index (χ4n) is 2.88. The van der Waals surface area contributed by atoms with Crippen LogP contribution in [0.4, 0.5) is 4.39 Å². The summed E-state index contributed by atoms with van der Waals surface area (Å²) in [5, 5.41) is 3.01. The Morgan fingerprint density at radius 3 is 2.77 bits per heavy atom. The predicted molar refractivity (Wildman–Crippen MR) is 91.0 cm³/mol. The van der Waals surface area contributed by atoms with Crippen molar-refractivity contribution >= 4 is 32.7 Å². The number of benzene rings is 1. The Hall–Kier alpha value is -2.42. The van der Waals surface area contributed by atoms with Gasteiger partial charge < -0.3 is 14.5 Å². The predicted octanol–water partition coefficient (Wildman–Crippen LogP) is 1.73. The number of furan rings is 1. The number of carbonyl (C=O) groups is 2. The summed E-state index contributed by atoms with van der Waals surface area (Å²) in [7, 11) is -3.12. The molecular weight excluding hydrogens is 365 g/mol. The second-order valence-corrected chi connectivity index (χ2v) is 8.58. The van der Waals surface area contributed by atoms with Crippen LogP contribution in [-0.4, -0.2) is 43.9 Å². The Labute approximate surface area is 149 Å². The Morgan fingerprint density at radius 2 is 2.12 bits per heavy atom. The minimum Gasteiger partial charge on any atom is -0.449 e. The molecule has 0 spiro atoms. The average molecular weight is 383 g/mol. The van der Waals surface area contributed by atoms with Gasteiger partial charge in [0.15, 0.2) is 15.9 Å². The summed E-state index contributed by atoms with van der Waals surface area (Å²) in [6.07, 6.45) is -0.793. The third-order valence-corrected chi connectivity index (χ3v) is 6.08. The smallest absolute Gasteiger partial charge is 0.375 e. The highest BCUT2D eigenvalue weighted by Gasteiger charge is 2.31. The van der Waals surface area contributed by atoms with Gasteiger partial charge in [-0.1, -0.05) is 0 Å². The molecule has 1 aliphatic heterocycles. The molecule has 140 valence electrons. The van der Waals surface area contributed by atoms with E-state index in [4.69, 9.17) is 9.15 Å². The number of ether oxygens (including phenoxy) is 1. The summed E-state index contributed by atoms with van der Waals surface area (Å²) in [6, 6.07) is 3.39. The van der Waals surface area contributed by atoms with Crippen molar-refractivity contribution in [2.45, 2.75) is 32.4 Å². The van der Waals surface area contributed by atoms with E-state index in [0.717, 1.165) is 0 Å². The first-order chi connectivity index (χ1) is 12.2. The van der Waals surface area contributed by atoms with E-state index in [1.807, 2.05) is 0 Å². The molecule has 7 nitrogen and oxygen atoms in total. The maximum Gasteiger partial charge on any atom is 0.375 e. The van der Waals surface area contributed by atoms with Gasteiger partial charge in [-0.15, -0.1) is 0 Å². The molecule has 0 bridgehead atoms. The number of hydrogen-bond acceptors (Lipinski definition) is 6. The van der Waals surface area contributed by atoms with E-state index in [1.165, 1.54) is 25.1 Å². The summed E-state index contributed by atoms with van der Waals surface area (Å²) < 4.78 is 46.7. The normalized spacial score (nSPS) is 20.0. The van der Waals surface area contributed by atoms with Crippen molar-refractivity contribution in [1.82, 2.24) is 5.32 Å². The van der Waals surface area contributed by atoms with Crippen molar-refractivity contribution in [3.05, 3.63) is 35.3 Å². The van der Waals surface area contributed by atoms with Crippen molar-refractivity contribution in [3.8, 4) is 0 Å². The first kappa shape index (κ1) is 18.4. The van der Waals surface area contributed by atoms with E-state index >= 15 is 0 Å². The van der Waals surface area contributed by atoms with Crippen molar-refractivity contribution < 1.29 is 31.6 Å². The van der Waals surface area contributed by atoms with Crippen molar-refractivity contribution in [3.63, 3.8) is 0 Å². The molecular formula is C17H18FNO6S. The minimum atomic E-state index is -3.12. The van der Waals surface area contributed by atoms with E-state index < -0.39 is 39.7 Å². The van der Waals surface area contributed by atoms with Crippen LogP contribution in [0.15, 0.2) is 22.6 Å². The van der Waals surface area contributed by atoms with Gasteiger partial charge in [0.2, 0.25) is 5.76 Å². The molecule has 0 aliphatic carbocycles. The van der Waals surface area contributed by atoms with Gasteiger partial charge in [-0.3, -0.25) is 4.79 Å². The summed E-state index contributed by atoms with van der Waals surface area (Å²) in [6.45, 7) is 2.98. The van der Waals surface area contributed by atoms with Crippen LogP contribution in [0, 0.1) is 12.7 Å². The molecule has 1 aromatic carbocycles. The number of aryl methyl sites for hydroxylation is 1. The fourth-order valence-corrected chi connectivity index (χ4v) is 4.56. The zero-order valence-corrected chi connectivity index (χ0v) is 15.1. The minimum absolute atomic E-state index is 0.0286. The van der Waals surface area contributed by atoms with Gasteiger partial charge in [0, 0.05) is 17.0 Å². The highest BCUT2D eigenvalue weighted by Crippen LogP contribution is 2.26. The van der Waals surface area contributed by atoms with Crippen molar-refractivity contribution in [2.24, 2.45) is 0 Å². The maximum absolute atomic E-state index is 13.3. The van der Waals surface area contributed by atoms with Crippen LogP contribution in [0.5, 0.6) is 0 Å². The van der Waals surface area contributed by atoms with Crippen LogP contribution >= 0.6 is 0 Å². The number of amides is 1. The van der Waals surface area contributed by atoms with Crippen LogP contribution in [0.2, 0.25) is 0 Å². The number of rotatable bonds is 4. The number of esters is 1. The molecule has 3 rings (SSSR count). The highest BCUT2D eigenvalue weighted by atomic mass is 32.2. The zero-order valence-electron chi connectivity index (χ0n) is 14.2. The molecule has 0 unspecified atom stereocenters. The van der Waals surface area contributed by atoms with Gasteiger partial charge in [-0.25, -0.2) is 17.6 Å². The lowest BCUT2D eigenvalue weighted by Gasteiger charge is -2.16. The quantitative estimate of drug-likeness (QED) is 0.807. The molecule has 1 fully saturated rings. The number of sulfone groups is 1. The average Bonchev–Trinajstić information content (AvgIpc) is 3.07. The van der Waals surface area contributed by atoms with E-state index in [0.29, 0.717) is 23.0 Å². The largest absolute Gasteiger partial charge is 0.449 e. The van der Waals surface area contributed by atoms with Crippen LogP contribution in [0.25, 0.3) is 11.0 Å². The molecule has 2 aromatic rings. The van der Waals surface area contributed by atoms with Gasteiger partial charge in [0.25, 0.3) is 5.91 Å². The van der Waals surface area contributed by atoms with E-state index in [-0.39, 0.29) is 17.3 Å². The summed E-state index contributed by atoms with van der Waals surface area (Å²) in [4.78, 5) is 24.4. The summed E-state index contributed by atoms with van der Waals surface area (Å²) >= 11 is 0. The SMILES string of the molecule is Cc1c(C(=O)O[C@H](C)C(=O)N[C@H]2CCS(=O)(=O)C2)oc2ccc(F)cc12. The molecule has 2 heterocycles. The Bertz CT molecular complexity index is 981. The van der Waals surface area contributed by atoms with E-state index in [2.05, 4.69) is 5.32 Å². The maximum atomic E-state index is 13.3. The fraction of sp³-hybridized carbons (Fsp3) is 0.412. The van der Waals surface area contributed by atoms with Crippen LogP contribution < -0.4 is 5.32 Å². The Balaban J connectivity index is 1.67. The molecule has 1 aromatic heterocycles. The van der Waals surface area contributed by atoms with Crippen LogP contribution in [0.1, 0.15) is 29.5 Å². The summed E-state index contributed by atoms with van der Waals surface area (Å²) in [5.74, 6) is -2.08. The standard InChI is InChI=1S/C17H18FNO6S/c1-9-13-7-11(18)3-4-14(13)25-15(9)17(21)24-10(2)16(20)19-12-5-6-26(22,23)8-12/h3-4,7,10,12H,5-6,8H2,1-2H3,(H,19,20)/t10-,12+/m1/s1. The third-order valence-electron chi connectivity index (χ3n) is 4.32. The molecule has 1 aliphatic rings. The molecule has 1 amide bonds. The van der Waals surface area contributed by atoms with Crippen LogP contribution in [-0.2, 0) is 19.4 Å². The molecule has 1 N–H and O–H groups in total. The second-order valence-electron chi connectivity index (χ2n) is 6.35. The van der Waals surface area contributed by atoms with Gasteiger partial charge in [-0.05, 0) is 38.5 Å². The summed E-state index contributed by atoms with van der Waals surface area (Å²) in [5.41, 5.74) is 0.753. The van der Waals surface area contributed by atoms with Gasteiger partial charge in [0.05, 0.1) is 11.5 Å². The van der Waals surface area contributed by atoms with Crippen molar-refractivity contribution in [1.29, 1.82) is 0 Å².